The summed E-state index contributed by atoms with van der Waals surface area (Å²) in [7, 11) is 0. The van der Waals surface area contributed by atoms with Crippen LogP contribution in [0.25, 0.3) is 0 Å². The summed E-state index contributed by atoms with van der Waals surface area (Å²) >= 11 is 0. The number of hydrogen-bond donors (Lipinski definition) is 2. The summed E-state index contributed by atoms with van der Waals surface area (Å²) in [5.41, 5.74) is 5.52. The molecule has 2 aliphatic rings. The molecular weight excluding hydrogens is 278 g/mol. The average Bonchev–Trinajstić information content (AvgIpc) is 2.86. The molecule has 1 atom stereocenters. The molecule has 0 aromatic heterocycles. The summed E-state index contributed by atoms with van der Waals surface area (Å²) in [6.07, 6.45) is 3.51. The Morgan fingerprint density at radius 3 is 2.36 bits per heavy atom. The van der Waals surface area contributed by atoms with Crippen LogP contribution in [0.5, 0.6) is 0 Å². The van der Waals surface area contributed by atoms with Crippen molar-refractivity contribution in [2.24, 2.45) is 22.5 Å². The fourth-order valence-corrected chi connectivity index (χ4v) is 3.93. The van der Waals surface area contributed by atoms with Gasteiger partial charge in [0.1, 0.15) is 0 Å². The molecule has 22 heavy (non-hydrogen) atoms. The number of likely N-dealkylation sites (tertiary alicyclic amines) is 1. The monoisotopic (exact) mass is 309 g/mol. The summed E-state index contributed by atoms with van der Waals surface area (Å²) in [6.45, 7) is 10.4. The number of nitrogens with zero attached hydrogens (tertiary/aromatic N) is 1. The van der Waals surface area contributed by atoms with Gasteiger partial charge >= 0.3 is 0 Å². The molecule has 0 bridgehead atoms. The first-order valence-corrected chi connectivity index (χ1v) is 8.50. The van der Waals surface area contributed by atoms with E-state index in [2.05, 4.69) is 33.0 Å². The second kappa shape index (κ2) is 6.19. The van der Waals surface area contributed by atoms with Crippen molar-refractivity contribution >= 4 is 11.8 Å². The van der Waals surface area contributed by atoms with Gasteiger partial charge in [-0.1, -0.05) is 27.7 Å². The molecule has 2 rings (SSSR count). The van der Waals surface area contributed by atoms with Gasteiger partial charge in [0.2, 0.25) is 11.8 Å². The van der Waals surface area contributed by atoms with Crippen LogP contribution in [0.15, 0.2) is 0 Å². The first-order chi connectivity index (χ1) is 10.2. The lowest BCUT2D eigenvalue weighted by Gasteiger charge is -2.36. The molecule has 2 amide bonds. The zero-order valence-corrected chi connectivity index (χ0v) is 14.4. The highest BCUT2D eigenvalue weighted by atomic mass is 16.2. The van der Waals surface area contributed by atoms with Gasteiger partial charge in [-0.15, -0.1) is 0 Å². The van der Waals surface area contributed by atoms with E-state index in [0.717, 1.165) is 25.8 Å². The normalized spacial score (nSPS) is 26.6. The lowest BCUT2D eigenvalue weighted by molar-refractivity contribution is -0.138. The maximum absolute atomic E-state index is 13.0. The summed E-state index contributed by atoms with van der Waals surface area (Å²) in [6, 6.07) is 0.134. The van der Waals surface area contributed by atoms with E-state index in [-0.39, 0.29) is 34.6 Å². The zero-order chi connectivity index (χ0) is 16.5. The van der Waals surface area contributed by atoms with Crippen molar-refractivity contribution in [1.82, 2.24) is 10.2 Å². The highest BCUT2D eigenvalue weighted by molar-refractivity contribution is 5.84. The number of piperidine rings is 1. The molecule has 1 aliphatic heterocycles. The van der Waals surface area contributed by atoms with Gasteiger partial charge in [-0.2, -0.15) is 0 Å². The first-order valence-electron chi connectivity index (χ1n) is 8.50. The molecule has 126 valence electrons. The summed E-state index contributed by atoms with van der Waals surface area (Å²) in [5, 5.41) is 2.93. The number of carbonyl (C=O) groups excluding carboxylic acids is 2. The fraction of sp³-hybridized carbons (Fsp3) is 0.882. The van der Waals surface area contributed by atoms with Crippen LogP contribution in [-0.2, 0) is 9.59 Å². The molecule has 3 N–H and O–H groups in total. The van der Waals surface area contributed by atoms with Crippen LogP contribution in [0.3, 0.4) is 0 Å². The quantitative estimate of drug-likeness (QED) is 0.808. The van der Waals surface area contributed by atoms with Crippen LogP contribution in [0, 0.1) is 16.7 Å². The molecule has 1 heterocycles. The highest BCUT2D eigenvalue weighted by Crippen LogP contribution is 2.68. The van der Waals surface area contributed by atoms with Crippen molar-refractivity contribution in [3.05, 3.63) is 0 Å². The van der Waals surface area contributed by atoms with Gasteiger partial charge in [-0.3, -0.25) is 9.59 Å². The van der Waals surface area contributed by atoms with E-state index < -0.39 is 0 Å². The number of nitrogens with two attached hydrogens (primary N) is 1. The minimum absolute atomic E-state index is 0.0208. The Balaban J connectivity index is 1.98. The predicted molar refractivity (Wildman–Crippen MR) is 87.1 cm³/mol. The molecule has 5 heteroatoms. The minimum atomic E-state index is -0.0208. The fourth-order valence-electron chi connectivity index (χ4n) is 3.93. The summed E-state index contributed by atoms with van der Waals surface area (Å²) in [5.74, 6) is 0.348. The lowest BCUT2D eigenvalue weighted by Crippen LogP contribution is -2.50. The Labute approximate surface area is 134 Å². The first kappa shape index (κ1) is 17.3. The molecule has 2 fully saturated rings. The van der Waals surface area contributed by atoms with Crippen LogP contribution in [-0.4, -0.2) is 42.4 Å². The van der Waals surface area contributed by atoms with Crippen LogP contribution in [0.1, 0.15) is 53.4 Å². The van der Waals surface area contributed by atoms with E-state index >= 15 is 0 Å². The van der Waals surface area contributed by atoms with Gasteiger partial charge in [0.15, 0.2) is 0 Å². The van der Waals surface area contributed by atoms with E-state index in [1.165, 1.54) is 0 Å². The molecule has 0 aromatic rings. The molecule has 0 radical (unpaired) electrons. The zero-order valence-electron chi connectivity index (χ0n) is 14.4. The molecular formula is C17H31N3O2. The minimum Gasteiger partial charge on any atom is -0.354 e. The number of nitrogens with one attached hydrogen (secondary N) is 1. The number of rotatable bonds is 5. The largest absolute Gasteiger partial charge is 0.354 e. The molecule has 1 saturated heterocycles. The van der Waals surface area contributed by atoms with Gasteiger partial charge in [0.25, 0.3) is 0 Å². The van der Waals surface area contributed by atoms with Crippen molar-refractivity contribution in [2.75, 3.05) is 19.6 Å². The summed E-state index contributed by atoms with van der Waals surface area (Å²) in [4.78, 5) is 26.6. The van der Waals surface area contributed by atoms with Gasteiger partial charge in [0, 0.05) is 38.0 Å². The van der Waals surface area contributed by atoms with Gasteiger partial charge < -0.3 is 16.0 Å². The summed E-state index contributed by atoms with van der Waals surface area (Å²) < 4.78 is 0. The van der Waals surface area contributed by atoms with Crippen LogP contribution in [0.4, 0.5) is 0 Å². The molecule has 1 unspecified atom stereocenters. The molecule has 5 nitrogen and oxygen atoms in total. The number of amides is 2. The van der Waals surface area contributed by atoms with Gasteiger partial charge in [0.05, 0.1) is 0 Å². The molecule has 0 aromatic carbocycles. The number of carbonyl (C=O) groups is 2. The Morgan fingerprint density at radius 1 is 1.18 bits per heavy atom. The Hall–Kier alpha value is -1.10. The third kappa shape index (κ3) is 3.00. The van der Waals surface area contributed by atoms with Crippen LogP contribution in [0.2, 0.25) is 0 Å². The Kier molecular flexibility index (Phi) is 4.85. The second-order valence-electron chi connectivity index (χ2n) is 7.90. The van der Waals surface area contributed by atoms with E-state index in [1.807, 2.05) is 4.90 Å². The second-order valence-corrected chi connectivity index (χ2v) is 7.90. The molecule has 0 spiro atoms. The lowest BCUT2D eigenvalue weighted by atomic mass is 10.00. The predicted octanol–water partition coefficient (Wildman–Crippen LogP) is 1.51. The van der Waals surface area contributed by atoms with Gasteiger partial charge in [-0.05, 0) is 30.1 Å². The maximum Gasteiger partial charge on any atom is 0.227 e. The average molecular weight is 309 g/mol. The Morgan fingerprint density at radius 2 is 1.82 bits per heavy atom. The van der Waals surface area contributed by atoms with E-state index in [0.29, 0.717) is 19.5 Å². The topological polar surface area (TPSA) is 75.4 Å². The van der Waals surface area contributed by atoms with E-state index in [1.54, 1.807) is 0 Å². The molecule has 1 saturated carbocycles. The number of hydrogen-bond acceptors (Lipinski definition) is 3. The van der Waals surface area contributed by atoms with Crippen molar-refractivity contribution in [1.29, 1.82) is 0 Å². The van der Waals surface area contributed by atoms with Crippen molar-refractivity contribution in [3.8, 4) is 0 Å². The van der Waals surface area contributed by atoms with Crippen molar-refractivity contribution < 1.29 is 9.59 Å². The standard InChI is InChI=1S/C17H31N3O2/c1-16(2)14(17(16,3)4)15(22)20-10-6-5-7-12(20)11-19-13(21)8-9-18/h12,14H,5-11,18H2,1-4H3,(H,19,21). The highest BCUT2D eigenvalue weighted by Gasteiger charge is 2.69. The SMILES string of the molecule is CC1(C)C(C(=O)N2CCCCC2CNC(=O)CCN)C1(C)C. The van der Waals surface area contributed by atoms with Crippen LogP contribution >= 0.6 is 0 Å². The third-order valence-corrected chi connectivity index (χ3v) is 6.08. The van der Waals surface area contributed by atoms with E-state index in [9.17, 15) is 9.59 Å². The third-order valence-electron chi connectivity index (χ3n) is 6.08. The van der Waals surface area contributed by atoms with E-state index in [4.69, 9.17) is 5.73 Å². The van der Waals surface area contributed by atoms with Crippen LogP contribution < -0.4 is 11.1 Å². The molecule has 1 aliphatic carbocycles. The smallest absolute Gasteiger partial charge is 0.227 e. The van der Waals surface area contributed by atoms with Crippen molar-refractivity contribution in [3.63, 3.8) is 0 Å². The maximum atomic E-state index is 13.0. The van der Waals surface area contributed by atoms with Gasteiger partial charge in [-0.25, -0.2) is 0 Å². The van der Waals surface area contributed by atoms with Crippen molar-refractivity contribution in [2.45, 2.75) is 59.4 Å². The Bertz CT molecular complexity index is 431.